The number of nitrogens with one attached hydrogen (secondary N) is 1. The minimum absolute atomic E-state index is 0.193. The van der Waals surface area contributed by atoms with Crippen LogP contribution in [0.1, 0.15) is 24.7 Å². The third kappa shape index (κ3) is 3.44. The number of carboxylic acids is 1. The van der Waals surface area contributed by atoms with Crippen LogP contribution in [0.3, 0.4) is 0 Å². The molecule has 7 nitrogen and oxygen atoms in total. The number of piperazine rings is 1. The zero-order valence-electron chi connectivity index (χ0n) is 12.1. The van der Waals surface area contributed by atoms with E-state index < -0.39 is 12.0 Å². The van der Waals surface area contributed by atoms with Gasteiger partial charge in [-0.2, -0.15) is 5.10 Å². The predicted molar refractivity (Wildman–Crippen MR) is 79.7 cm³/mol. The van der Waals surface area contributed by atoms with E-state index in [1.165, 1.54) is 0 Å². The number of halogens is 1. The first-order valence-corrected chi connectivity index (χ1v) is 7.67. The van der Waals surface area contributed by atoms with Crippen LogP contribution in [-0.2, 0) is 29.6 Å². The Hall–Kier alpha value is -1.41. The zero-order chi connectivity index (χ0) is 15.6. The lowest BCUT2D eigenvalue weighted by Crippen LogP contribution is -2.55. The number of carbonyl (C=O) groups excluding carboxylic acids is 1. The van der Waals surface area contributed by atoms with Gasteiger partial charge in [0.25, 0.3) is 0 Å². The Kier molecular flexibility index (Phi) is 5.00. The number of amides is 1. The topological polar surface area (TPSA) is 87.5 Å². The SMILES string of the molecule is CCc1nn(C)c(CN2CCNC(=O)C2CC(=O)O)c1Br. The molecule has 8 heteroatoms. The van der Waals surface area contributed by atoms with Crippen LogP contribution in [0.15, 0.2) is 4.47 Å². The summed E-state index contributed by atoms with van der Waals surface area (Å²) in [5.41, 5.74) is 1.92. The molecule has 2 rings (SSSR count). The monoisotopic (exact) mass is 358 g/mol. The van der Waals surface area contributed by atoms with Gasteiger partial charge in [0.2, 0.25) is 5.91 Å². The highest BCUT2D eigenvalue weighted by Gasteiger charge is 2.32. The Morgan fingerprint density at radius 1 is 1.57 bits per heavy atom. The molecule has 0 radical (unpaired) electrons. The van der Waals surface area contributed by atoms with Gasteiger partial charge in [0.15, 0.2) is 0 Å². The van der Waals surface area contributed by atoms with Gasteiger partial charge in [-0.15, -0.1) is 0 Å². The van der Waals surface area contributed by atoms with Gasteiger partial charge in [0.05, 0.1) is 22.3 Å². The lowest BCUT2D eigenvalue weighted by Gasteiger charge is -2.34. The summed E-state index contributed by atoms with van der Waals surface area (Å²) in [6, 6.07) is -0.636. The van der Waals surface area contributed by atoms with Crippen LogP contribution in [0.4, 0.5) is 0 Å². The van der Waals surface area contributed by atoms with E-state index in [2.05, 4.69) is 26.3 Å². The van der Waals surface area contributed by atoms with Crippen molar-refractivity contribution >= 4 is 27.8 Å². The van der Waals surface area contributed by atoms with Crippen LogP contribution in [0, 0.1) is 0 Å². The van der Waals surface area contributed by atoms with Crippen molar-refractivity contribution < 1.29 is 14.7 Å². The summed E-state index contributed by atoms with van der Waals surface area (Å²) in [7, 11) is 1.86. The van der Waals surface area contributed by atoms with Crippen molar-refractivity contribution in [1.82, 2.24) is 20.0 Å². The summed E-state index contributed by atoms with van der Waals surface area (Å²) in [6.45, 7) is 3.68. The summed E-state index contributed by atoms with van der Waals surface area (Å²) >= 11 is 3.55. The minimum Gasteiger partial charge on any atom is -0.481 e. The molecule has 2 N–H and O–H groups in total. The first kappa shape index (κ1) is 16.0. The highest BCUT2D eigenvalue weighted by atomic mass is 79.9. The zero-order valence-corrected chi connectivity index (χ0v) is 13.7. The summed E-state index contributed by atoms with van der Waals surface area (Å²) in [5, 5.41) is 16.1. The van der Waals surface area contributed by atoms with E-state index >= 15 is 0 Å². The molecule has 21 heavy (non-hydrogen) atoms. The maximum atomic E-state index is 11.9. The fourth-order valence-corrected chi connectivity index (χ4v) is 3.26. The molecule has 1 unspecified atom stereocenters. The average Bonchev–Trinajstić information content (AvgIpc) is 2.69. The highest BCUT2D eigenvalue weighted by molar-refractivity contribution is 9.10. The lowest BCUT2D eigenvalue weighted by atomic mass is 10.1. The molecular formula is C13H19BrN4O3. The number of nitrogens with zero attached hydrogens (tertiary/aromatic N) is 3. The second-order valence-electron chi connectivity index (χ2n) is 5.06. The molecule has 2 heterocycles. The molecule has 1 aromatic rings. The summed E-state index contributed by atoms with van der Waals surface area (Å²) < 4.78 is 2.72. The van der Waals surface area contributed by atoms with Crippen molar-refractivity contribution in [3.63, 3.8) is 0 Å². The molecule has 1 amide bonds. The Morgan fingerprint density at radius 3 is 2.86 bits per heavy atom. The number of aliphatic carboxylic acids is 1. The highest BCUT2D eigenvalue weighted by Crippen LogP contribution is 2.24. The van der Waals surface area contributed by atoms with E-state index in [0.29, 0.717) is 19.6 Å². The van der Waals surface area contributed by atoms with Crippen molar-refractivity contribution in [3.05, 3.63) is 15.9 Å². The maximum Gasteiger partial charge on any atom is 0.305 e. The van der Waals surface area contributed by atoms with Crippen LogP contribution in [0.5, 0.6) is 0 Å². The molecule has 0 bridgehead atoms. The predicted octanol–water partition coefficient (Wildman–Crippen LogP) is 0.520. The van der Waals surface area contributed by atoms with Crippen LogP contribution < -0.4 is 5.32 Å². The third-order valence-electron chi connectivity index (χ3n) is 3.67. The van der Waals surface area contributed by atoms with Crippen LogP contribution in [0.25, 0.3) is 0 Å². The fourth-order valence-electron chi connectivity index (χ4n) is 2.52. The number of carbonyl (C=O) groups is 2. The van der Waals surface area contributed by atoms with Crippen molar-refractivity contribution in [2.45, 2.75) is 32.4 Å². The number of aromatic nitrogens is 2. The summed E-state index contributed by atoms with van der Waals surface area (Å²) in [4.78, 5) is 24.8. The Labute approximate surface area is 131 Å². The molecule has 0 spiro atoms. The quantitative estimate of drug-likeness (QED) is 0.801. The van der Waals surface area contributed by atoms with Crippen molar-refractivity contribution in [3.8, 4) is 0 Å². The van der Waals surface area contributed by atoms with Gasteiger partial charge in [0, 0.05) is 26.7 Å². The van der Waals surface area contributed by atoms with Crippen LogP contribution >= 0.6 is 15.9 Å². The van der Waals surface area contributed by atoms with Gasteiger partial charge >= 0.3 is 5.97 Å². The molecular weight excluding hydrogens is 340 g/mol. The molecule has 116 valence electrons. The van der Waals surface area contributed by atoms with Crippen LogP contribution in [0.2, 0.25) is 0 Å². The van der Waals surface area contributed by atoms with E-state index in [9.17, 15) is 9.59 Å². The molecule has 1 fully saturated rings. The van der Waals surface area contributed by atoms with Gasteiger partial charge in [0.1, 0.15) is 6.04 Å². The molecule has 1 saturated heterocycles. The van der Waals surface area contributed by atoms with E-state index in [1.807, 2.05) is 18.9 Å². The molecule has 1 aliphatic heterocycles. The second kappa shape index (κ2) is 6.57. The van der Waals surface area contributed by atoms with Gasteiger partial charge in [-0.05, 0) is 22.4 Å². The van der Waals surface area contributed by atoms with Crippen molar-refractivity contribution in [1.29, 1.82) is 0 Å². The van der Waals surface area contributed by atoms with Crippen LogP contribution in [-0.4, -0.2) is 50.8 Å². The maximum absolute atomic E-state index is 11.9. The summed E-state index contributed by atoms with van der Waals surface area (Å²) in [5.74, 6) is -1.20. The smallest absolute Gasteiger partial charge is 0.305 e. The van der Waals surface area contributed by atoms with Crippen molar-refractivity contribution in [2.75, 3.05) is 13.1 Å². The first-order chi connectivity index (χ1) is 9.93. The number of carboxylic acid groups (broad SMARTS) is 1. The van der Waals surface area contributed by atoms with E-state index in [-0.39, 0.29) is 12.3 Å². The standard InChI is InChI=1S/C13H19BrN4O3/c1-3-8-12(14)10(17(2)16-8)7-18-5-4-15-13(21)9(18)6-11(19)20/h9H,3-7H2,1-2H3,(H,15,21)(H,19,20). The number of aryl methyl sites for hydroxylation is 2. The molecule has 0 aromatic carbocycles. The second-order valence-corrected chi connectivity index (χ2v) is 5.85. The molecule has 1 aliphatic rings. The molecule has 0 saturated carbocycles. The molecule has 0 aliphatic carbocycles. The lowest BCUT2D eigenvalue weighted by molar-refractivity contribution is -0.143. The number of rotatable bonds is 5. The van der Waals surface area contributed by atoms with Gasteiger partial charge in [-0.3, -0.25) is 19.2 Å². The Bertz CT molecular complexity index is 558. The van der Waals surface area contributed by atoms with Gasteiger partial charge < -0.3 is 10.4 Å². The number of hydrogen-bond donors (Lipinski definition) is 2. The van der Waals surface area contributed by atoms with Gasteiger partial charge in [-0.1, -0.05) is 6.92 Å². The molecule has 1 atom stereocenters. The first-order valence-electron chi connectivity index (χ1n) is 6.87. The minimum atomic E-state index is -0.972. The fraction of sp³-hybridized carbons (Fsp3) is 0.615. The third-order valence-corrected chi connectivity index (χ3v) is 4.58. The number of hydrogen-bond acceptors (Lipinski definition) is 4. The van der Waals surface area contributed by atoms with E-state index in [1.54, 1.807) is 4.68 Å². The Balaban J connectivity index is 2.21. The largest absolute Gasteiger partial charge is 0.481 e. The molecule has 1 aromatic heterocycles. The van der Waals surface area contributed by atoms with Crippen molar-refractivity contribution in [2.24, 2.45) is 7.05 Å². The van der Waals surface area contributed by atoms with E-state index in [0.717, 1.165) is 22.3 Å². The summed E-state index contributed by atoms with van der Waals surface area (Å²) in [6.07, 6.45) is 0.620. The Morgan fingerprint density at radius 2 is 2.29 bits per heavy atom. The average molecular weight is 359 g/mol. The van der Waals surface area contributed by atoms with E-state index in [4.69, 9.17) is 5.11 Å². The normalized spacial score (nSPS) is 19.6. The van der Waals surface area contributed by atoms with Gasteiger partial charge in [-0.25, -0.2) is 0 Å².